The van der Waals surface area contributed by atoms with E-state index in [0.29, 0.717) is 0 Å². The van der Waals surface area contributed by atoms with Crippen molar-refractivity contribution in [2.45, 2.75) is 6.42 Å². The van der Waals surface area contributed by atoms with Crippen molar-refractivity contribution < 1.29 is 1.43 Å². The fraction of sp³-hybridized carbons (Fsp3) is 0.100. The second kappa shape index (κ2) is 3.71. The van der Waals surface area contributed by atoms with Crippen LogP contribution in [0.4, 0.5) is 0 Å². The molecule has 0 amide bonds. The maximum atomic E-state index is 6.86. The average Bonchev–Trinajstić information content (AvgIpc) is 2.38. The zero-order valence-corrected chi connectivity index (χ0v) is 6.38. The minimum absolute atomic E-state index is 0. The molecule has 1 rings (SSSR count). The lowest BCUT2D eigenvalue weighted by molar-refractivity contribution is 1.27. The van der Waals surface area contributed by atoms with Gasteiger partial charge in [-0.05, 0) is 23.6 Å². The van der Waals surface area contributed by atoms with E-state index in [1.165, 1.54) is 17.4 Å². The van der Waals surface area contributed by atoms with Crippen LogP contribution in [0.3, 0.4) is 0 Å². The third-order valence-corrected chi connectivity index (χ3v) is 1.55. The summed E-state index contributed by atoms with van der Waals surface area (Å²) in [6.07, 6.45) is 11.9. The van der Waals surface area contributed by atoms with E-state index < -0.39 is 0 Å². The van der Waals surface area contributed by atoms with Gasteiger partial charge in [-0.2, -0.15) is 0 Å². The lowest BCUT2D eigenvalue weighted by Gasteiger charge is -1.90. The molecule has 1 aliphatic carbocycles. The fourth-order valence-corrected chi connectivity index (χ4v) is 1.06. The highest BCUT2D eigenvalue weighted by Crippen LogP contribution is 2.20. The largest absolute Gasteiger partial charge is 1.00 e. The molecule has 1 heteroatoms. The Kier molecular flexibility index (Phi) is 2.61. The minimum atomic E-state index is 0. The highest BCUT2D eigenvalue weighted by atomic mass is 14.3. The Bertz CT molecular complexity index is 233. The van der Waals surface area contributed by atoms with Gasteiger partial charge in [-0.25, -0.2) is 0 Å². The van der Waals surface area contributed by atoms with Crippen LogP contribution in [-0.2, 0) is 0 Å². The number of hydrogen-bond donors (Lipinski definition) is 1. The molecule has 1 N–H and O–H groups in total. The van der Waals surface area contributed by atoms with E-state index in [2.05, 4.69) is 12.7 Å². The summed E-state index contributed by atoms with van der Waals surface area (Å²) in [6, 6.07) is 0. The van der Waals surface area contributed by atoms with Gasteiger partial charge >= 0.3 is 1.43 Å². The fourth-order valence-electron chi connectivity index (χ4n) is 1.06. The van der Waals surface area contributed by atoms with Crippen LogP contribution in [0.5, 0.6) is 0 Å². The average molecular weight is 146 g/mol. The van der Waals surface area contributed by atoms with Crippen molar-refractivity contribution in [3.8, 4) is 0 Å². The summed E-state index contributed by atoms with van der Waals surface area (Å²) in [5, 5.41) is 6.86. The monoisotopic (exact) mass is 146 g/mol. The summed E-state index contributed by atoms with van der Waals surface area (Å²) in [7, 11) is 0. The molecule has 0 atom stereocenters. The lowest BCUT2D eigenvalue weighted by atomic mass is 10.2. The molecule has 11 heavy (non-hydrogen) atoms. The summed E-state index contributed by atoms with van der Waals surface area (Å²) >= 11 is 0. The second-order valence-corrected chi connectivity index (χ2v) is 2.40. The zero-order valence-electron chi connectivity index (χ0n) is 7.38. The van der Waals surface area contributed by atoms with Crippen LogP contribution < -0.4 is 0 Å². The van der Waals surface area contributed by atoms with E-state index in [4.69, 9.17) is 5.41 Å². The standard InChI is InChI=1S/C10H11N/c1-2-3-9-4-5-10(8-9)6-7-11/h2-7,11H,1,8H2/p+1/b9-3-,10-6-,11-7?. The second-order valence-electron chi connectivity index (χ2n) is 2.40. The Morgan fingerprint density at radius 2 is 2.00 bits per heavy atom. The summed E-state index contributed by atoms with van der Waals surface area (Å²) in [6.45, 7) is 3.62. The van der Waals surface area contributed by atoms with Crippen molar-refractivity contribution in [1.82, 2.24) is 0 Å². The maximum absolute atomic E-state index is 6.86. The predicted octanol–water partition coefficient (Wildman–Crippen LogP) is 2.75. The van der Waals surface area contributed by atoms with E-state index in [9.17, 15) is 0 Å². The van der Waals surface area contributed by atoms with Crippen molar-refractivity contribution in [2.24, 2.45) is 0 Å². The van der Waals surface area contributed by atoms with Crippen molar-refractivity contribution in [2.75, 3.05) is 0 Å². The van der Waals surface area contributed by atoms with Crippen molar-refractivity contribution in [3.63, 3.8) is 0 Å². The molecule has 0 bridgehead atoms. The van der Waals surface area contributed by atoms with Crippen LogP contribution in [0.15, 0.2) is 48.1 Å². The van der Waals surface area contributed by atoms with Crippen LogP contribution in [0.1, 0.15) is 7.85 Å². The Hall–Kier alpha value is -1.37. The first-order chi connectivity index (χ1) is 5.36. The first-order valence-electron chi connectivity index (χ1n) is 3.56. The van der Waals surface area contributed by atoms with E-state index in [0.717, 1.165) is 6.42 Å². The Morgan fingerprint density at radius 1 is 1.36 bits per heavy atom. The molecule has 0 aliphatic heterocycles. The Labute approximate surface area is 68.4 Å². The van der Waals surface area contributed by atoms with Gasteiger partial charge in [0.15, 0.2) is 0 Å². The summed E-state index contributed by atoms with van der Waals surface area (Å²) < 4.78 is 0. The van der Waals surface area contributed by atoms with Crippen molar-refractivity contribution in [3.05, 3.63) is 48.1 Å². The van der Waals surface area contributed by atoms with Gasteiger partial charge in [-0.1, -0.05) is 30.9 Å². The molecule has 0 aromatic rings. The Morgan fingerprint density at radius 3 is 2.55 bits per heavy atom. The van der Waals surface area contributed by atoms with E-state index in [-0.39, 0.29) is 1.43 Å². The van der Waals surface area contributed by atoms with Crippen molar-refractivity contribution in [1.29, 1.82) is 5.41 Å². The first-order valence-corrected chi connectivity index (χ1v) is 3.56. The molecule has 0 spiro atoms. The summed E-state index contributed by atoms with van der Waals surface area (Å²) in [4.78, 5) is 0. The van der Waals surface area contributed by atoms with E-state index >= 15 is 0 Å². The zero-order chi connectivity index (χ0) is 8.10. The topological polar surface area (TPSA) is 23.9 Å². The van der Waals surface area contributed by atoms with Crippen LogP contribution in [0.2, 0.25) is 0 Å². The van der Waals surface area contributed by atoms with Crippen LogP contribution in [0, 0.1) is 5.41 Å². The molecule has 1 aliphatic rings. The maximum Gasteiger partial charge on any atom is 1.00 e. The third kappa shape index (κ3) is 2.04. The molecule has 1 nitrogen and oxygen atoms in total. The smallest absolute Gasteiger partial charge is 0.309 e. The highest BCUT2D eigenvalue weighted by Gasteiger charge is 2.02. The quantitative estimate of drug-likeness (QED) is 0.579. The van der Waals surface area contributed by atoms with Crippen molar-refractivity contribution >= 4 is 6.21 Å². The molecule has 0 unspecified atom stereocenters. The van der Waals surface area contributed by atoms with Crippen LogP contribution in [-0.4, -0.2) is 6.21 Å². The molecular weight excluding hydrogens is 134 g/mol. The molecule has 0 saturated heterocycles. The van der Waals surface area contributed by atoms with E-state index in [1.54, 1.807) is 12.2 Å². The normalized spacial score (nSPS) is 22.9. The van der Waals surface area contributed by atoms with Gasteiger partial charge in [0.2, 0.25) is 0 Å². The number of rotatable bonds is 2. The van der Waals surface area contributed by atoms with Crippen LogP contribution >= 0.6 is 0 Å². The number of allylic oxidation sites excluding steroid dienone is 7. The molecular formula is C10H12N+. The Balaban J connectivity index is 0.00000121. The minimum Gasteiger partial charge on any atom is -0.309 e. The first kappa shape index (κ1) is 7.73. The molecule has 0 aromatic heterocycles. The lowest BCUT2D eigenvalue weighted by Crippen LogP contribution is -1.73. The highest BCUT2D eigenvalue weighted by molar-refractivity contribution is 5.71. The molecule has 0 fully saturated rings. The molecule has 56 valence electrons. The summed E-state index contributed by atoms with van der Waals surface area (Å²) in [5.74, 6) is 0. The van der Waals surface area contributed by atoms with Gasteiger partial charge in [0.05, 0.1) is 0 Å². The van der Waals surface area contributed by atoms with Gasteiger partial charge < -0.3 is 5.41 Å². The molecule has 0 radical (unpaired) electrons. The predicted molar refractivity (Wildman–Crippen MR) is 50.0 cm³/mol. The number of nitrogens with one attached hydrogen (secondary N) is 1. The molecule has 0 aromatic carbocycles. The summed E-state index contributed by atoms with van der Waals surface area (Å²) in [5.41, 5.74) is 2.45. The van der Waals surface area contributed by atoms with E-state index in [1.807, 2.05) is 12.2 Å². The number of hydrogen-bond acceptors (Lipinski definition) is 1. The van der Waals surface area contributed by atoms with Gasteiger partial charge in [0, 0.05) is 6.21 Å². The molecule has 0 saturated carbocycles. The van der Waals surface area contributed by atoms with Gasteiger partial charge in [-0.15, -0.1) is 0 Å². The molecule has 0 heterocycles. The third-order valence-electron chi connectivity index (χ3n) is 1.55. The van der Waals surface area contributed by atoms with Gasteiger partial charge in [-0.3, -0.25) is 0 Å². The van der Waals surface area contributed by atoms with Gasteiger partial charge in [0.25, 0.3) is 0 Å². The van der Waals surface area contributed by atoms with Crippen LogP contribution in [0.25, 0.3) is 0 Å². The van der Waals surface area contributed by atoms with Gasteiger partial charge in [0.1, 0.15) is 0 Å². The SMILES string of the molecule is C=C/C=C1C=C/C(=C/C=N)C/1.[H+].